The molecule has 2 aromatic carbocycles. The van der Waals surface area contributed by atoms with Crippen LogP contribution in [0.1, 0.15) is 39.2 Å². The van der Waals surface area contributed by atoms with E-state index in [0.717, 1.165) is 22.3 Å². The number of hydrogen-bond donors (Lipinski definition) is 1. The van der Waals surface area contributed by atoms with Crippen molar-refractivity contribution in [3.05, 3.63) is 65.2 Å². The second-order valence-corrected chi connectivity index (χ2v) is 7.74. The van der Waals surface area contributed by atoms with Gasteiger partial charge in [-0.1, -0.05) is 48.5 Å². The molecule has 7 nitrogen and oxygen atoms in total. The van der Waals surface area contributed by atoms with Gasteiger partial charge in [-0.3, -0.25) is 4.79 Å². The molecule has 0 fully saturated rings. The van der Waals surface area contributed by atoms with E-state index in [1.165, 1.54) is 0 Å². The summed E-state index contributed by atoms with van der Waals surface area (Å²) in [4.78, 5) is 27.3. The molecule has 0 saturated heterocycles. The van der Waals surface area contributed by atoms with E-state index in [0.29, 0.717) is 6.21 Å². The zero-order chi connectivity index (χ0) is 22.4. The fourth-order valence-corrected chi connectivity index (χ4v) is 3.43. The molecule has 0 saturated carbocycles. The van der Waals surface area contributed by atoms with Gasteiger partial charge in [0.05, 0.1) is 12.2 Å². The number of rotatable bonds is 7. The molecule has 1 amide bonds. The van der Waals surface area contributed by atoms with Crippen LogP contribution in [0.25, 0.3) is 16.7 Å². The van der Waals surface area contributed by atoms with Crippen molar-refractivity contribution in [1.82, 2.24) is 5.32 Å². The van der Waals surface area contributed by atoms with Crippen LogP contribution in [0, 0.1) is 0 Å². The number of nitrogens with one attached hydrogen (secondary N) is 1. The zero-order valence-corrected chi connectivity index (χ0v) is 17.0. The first-order valence-corrected chi connectivity index (χ1v) is 9.62. The van der Waals surface area contributed by atoms with Gasteiger partial charge in [-0.05, 0) is 43.0 Å². The molecular weight excluding hydrogens is 382 g/mol. The highest BCUT2D eigenvalue weighted by molar-refractivity contribution is 6.28. The molecule has 7 heteroatoms. The third-order valence-electron chi connectivity index (χ3n) is 4.80. The Morgan fingerprint density at radius 1 is 1.20 bits per heavy atom. The molecule has 0 aromatic heterocycles. The van der Waals surface area contributed by atoms with Crippen LogP contribution in [0.15, 0.2) is 48.5 Å². The number of fused-ring (bicyclic) bond motifs is 3. The fraction of sp³-hybridized carbons (Fsp3) is 0.348. The SMILES string of the molecule is [2H]CC(C)(C)OC[C@@H](NC(=O)OCC1c2ccccc2-c2ccccc21)C(=O)C=[N+]=[N-]. The van der Waals surface area contributed by atoms with Crippen molar-refractivity contribution in [2.75, 3.05) is 13.2 Å². The number of ether oxygens (including phenoxy) is 2. The van der Waals surface area contributed by atoms with Crippen molar-refractivity contribution in [2.24, 2.45) is 0 Å². The minimum atomic E-state index is -1.10. The summed E-state index contributed by atoms with van der Waals surface area (Å²) in [5.41, 5.74) is 12.3. The Bertz CT molecular complexity index is 972. The first-order chi connectivity index (χ1) is 14.9. The summed E-state index contributed by atoms with van der Waals surface area (Å²) in [5.74, 6) is -0.749. The lowest BCUT2D eigenvalue weighted by molar-refractivity contribution is -0.120. The standard InChI is InChI=1S/C23H25N3O4/c1-23(2,3)30-14-20(21(27)12-25-24)26-22(28)29-13-19-17-10-6-4-8-15(17)16-9-5-7-11-18(16)19/h4-12,19-20H,13-14H2,1-3H3,(H,26,28)/t20-/m1/s1/i1D. The molecule has 0 unspecified atom stereocenters. The first-order valence-electron chi connectivity index (χ1n) is 10.3. The molecule has 1 atom stereocenters. The number of nitrogens with zero attached hydrogens (tertiary/aromatic N) is 2. The van der Waals surface area contributed by atoms with Gasteiger partial charge in [-0.15, -0.1) is 0 Å². The summed E-state index contributed by atoms with van der Waals surface area (Å²) in [6, 6.07) is 14.9. The Kier molecular flexibility index (Phi) is 6.02. The monoisotopic (exact) mass is 408 g/mol. The van der Waals surface area contributed by atoms with Gasteiger partial charge in [-0.25, -0.2) is 4.79 Å². The molecule has 1 aliphatic rings. The summed E-state index contributed by atoms with van der Waals surface area (Å²) in [6.45, 7) is 3.31. The predicted octanol–water partition coefficient (Wildman–Crippen LogP) is 3.58. The van der Waals surface area contributed by atoms with E-state index in [1.807, 2.05) is 48.5 Å². The first kappa shape index (κ1) is 20.0. The van der Waals surface area contributed by atoms with Crippen molar-refractivity contribution in [1.29, 1.82) is 0 Å². The van der Waals surface area contributed by atoms with Crippen LogP contribution in [-0.4, -0.2) is 47.7 Å². The van der Waals surface area contributed by atoms with Crippen LogP contribution in [0.3, 0.4) is 0 Å². The lowest BCUT2D eigenvalue weighted by Gasteiger charge is -2.23. The number of amides is 1. The van der Waals surface area contributed by atoms with E-state index in [2.05, 4.69) is 10.1 Å². The van der Waals surface area contributed by atoms with E-state index >= 15 is 0 Å². The maximum Gasteiger partial charge on any atom is 0.407 e. The lowest BCUT2D eigenvalue weighted by atomic mass is 9.98. The average molecular weight is 408 g/mol. The summed E-state index contributed by atoms with van der Waals surface area (Å²) < 4.78 is 18.5. The van der Waals surface area contributed by atoms with Gasteiger partial charge in [0.15, 0.2) is 0 Å². The normalized spacial score (nSPS) is 14.0. The molecule has 3 rings (SSSR count). The maximum atomic E-state index is 12.5. The molecule has 2 aromatic rings. The van der Waals surface area contributed by atoms with E-state index in [-0.39, 0.29) is 26.0 Å². The van der Waals surface area contributed by atoms with E-state index in [9.17, 15) is 9.59 Å². The quantitative estimate of drug-likeness (QED) is 0.430. The summed E-state index contributed by atoms with van der Waals surface area (Å²) in [7, 11) is 0. The number of ketones is 1. The van der Waals surface area contributed by atoms with Crippen molar-refractivity contribution < 1.29 is 25.2 Å². The molecule has 0 spiro atoms. The van der Waals surface area contributed by atoms with E-state index < -0.39 is 23.5 Å². The Balaban J connectivity index is 1.67. The Hall–Kier alpha value is -3.28. The Morgan fingerprint density at radius 2 is 1.80 bits per heavy atom. The molecule has 0 aliphatic heterocycles. The van der Waals surface area contributed by atoms with Crippen molar-refractivity contribution in [3.63, 3.8) is 0 Å². The van der Waals surface area contributed by atoms with Gasteiger partial charge < -0.3 is 20.3 Å². The highest BCUT2D eigenvalue weighted by Gasteiger charge is 2.30. The van der Waals surface area contributed by atoms with Crippen LogP contribution in [0.4, 0.5) is 4.79 Å². The fourth-order valence-electron chi connectivity index (χ4n) is 3.43. The largest absolute Gasteiger partial charge is 0.449 e. The van der Waals surface area contributed by atoms with Crippen LogP contribution in [0.5, 0.6) is 0 Å². The molecule has 0 bridgehead atoms. The maximum absolute atomic E-state index is 12.5. The number of benzene rings is 2. The number of alkyl carbamates (subject to hydrolysis) is 1. The molecule has 156 valence electrons. The van der Waals surface area contributed by atoms with Crippen LogP contribution >= 0.6 is 0 Å². The third-order valence-corrected chi connectivity index (χ3v) is 4.80. The van der Waals surface area contributed by atoms with Gasteiger partial charge in [0.25, 0.3) is 5.78 Å². The molecular formula is C23H25N3O4. The predicted molar refractivity (Wildman–Crippen MR) is 112 cm³/mol. The highest BCUT2D eigenvalue weighted by atomic mass is 16.5. The minimum Gasteiger partial charge on any atom is -0.449 e. The van der Waals surface area contributed by atoms with Crippen LogP contribution in [-0.2, 0) is 14.3 Å². The van der Waals surface area contributed by atoms with Gasteiger partial charge in [0, 0.05) is 7.29 Å². The summed E-state index contributed by atoms with van der Waals surface area (Å²) >= 11 is 0. The smallest absolute Gasteiger partial charge is 0.407 e. The zero-order valence-electron chi connectivity index (χ0n) is 18.0. The third kappa shape index (κ3) is 5.00. The second-order valence-electron chi connectivity index (χ2n) is 7.74. The van der Waals surface area contributed by atoms with Crippen molar-refractivity contribution in [3.8, 4) is 11.1 Å². The van der Waals surface area contributed by atoms with Crippen LogP contribution < -0.4 is 5.32 Å². The lowest BCUT2D eigenvalue weighted by Crippen LogP contribution is -2.46. The number of Topliss-reactive ketones (excluding diaryl/α,β-unsaturated/α-hetero) is 1. The van der Waals surface area contributed by atoms with E-state index in [4.69, 9.17) is 16.4 Å². The molecule has 0 radical (unpaired) electrons. The topological polar surface area (TPSA) is 101 Å². The summed E-state index contributed by atoms with van der Waals surface area (Å²) in [6.07, 6.45) is -0.0790. The van der Waals surface area contributed by atoms with Gasteiger partial charge in [0.2, 0.25) is 0 Å². The van der Waals surface area contributed by atoms with Crippen LogP contribution in [0.2, 0.25) is 0 Å². The number of hydrogen-bond acceptors (Lipinski definition) is 4. The van der Waals surface area contributed by atoms with Gasteiger partial charge >= 0.3 is 12.3 Å². The Labute approximate surface area is 177 Å². The minimum absolute atomic E-state index is 0.0209. The second kappa shape index (κ2) is 9.03. The average Bonchev–Trinajstić information content (AvgIpc) is 3.09. The number of carbonyl (C=O) groups is 2. The highest BCUT2D eigenvalue weighted by Crippen LogP contribution is 2.44. The number of carbonyl (C=O) groups excluding carboxylic acids is 2. The van der Waals surface area contributed by atoms with Crippen molar-refractivity contribution in [2.45, 2.75) is 38.3 Å². The summed E-state index contributed by atoms with van der Waals surface area (Å²) in [5, 5.41) is 2.47. The van der Waals surface area contributed by atoms with E-state index in [1.54, 1.807) is 13.8 Å². The molecule has 0 heterocycles. The molecule has 30 heavy (non-hydrogen) atoms. The Morgan fingerprint density at radius 3 is 2.37 bits per heavy atom. The molecule has 1 aliphatic carbocycles. The van der Waals surface area contributed by atoms with Gasteiger partial charge in [-0.2, -0.15) is 4.79 Å². The van der Waals surface area contributed by atoms with Crippen molar-refractivity contribution >= 4 is 18.1 Å². The van der Waals surface area contributed by atoms with Gasteiger partial charge in [0.1, 0.15) is 12.6 Å². The molecule has 1 N–H and O–H groups in total.